The van der Waals surface area contributed by atoms with E-state index in [9.17, 15) is 0 Å². The molecular formula is C17H23N3O. The number of hydrogen-bond acceptors (Lipinski definition) is 3. The molecule has 1 aromatic carbocycles. The van der Waals surface area contributed by atoms with Gasteiger partial charge in [0.25, 0.3) is 0 Å². The van der Waals surface area contributed by atoms with Gasteiger partial charge in [0.1, 0.15) is 5.75 Å². The maximum absolute atomic E-state index is 5.24. The first-order valence-corrected chi connectivity index (χ1v) is 7.69. The maximum Gasteiger partial charge on any atom is 0.118 e. The Balaban J connectivity index is 1.72. The Hall–Kier alpha value is -1.81. The van der Waals surface area contributed by atoms with Gasteiger partial charge in [-0.05, 0) is 44.0 Å². The summed E-state index contributed by atoms with van der Waals surface area (Å²) in [5.74, 6) is 0.924. The van der Waals surface area contributed by atoms with Crippen LogP contribution in [0, 0.1) is 0 Å². The van der Waals surface area contributed by atoms with Crippen LogP contribution in [0.25, 0.3) is 0 Å². The summed E-state index contributed by atoms with van der Waals surface area (Å²) in [6, 6.07) is 9.01. The van der Waals surface area contributed by atoms with Gasteiger partial charge in [0.15, 0.2) is 0 Å². The zero-order valence-electron chi connectivity index (χ0n) is 12.8. The first-order chi connectivity index (χ1) is 10.3. The van der Waals surface area contributed by atoms with Gasteiger partial charge in [0, 0.05) is 30.9 Å². The minimum Gasteiger partial charge on any atom is -0.497 e. The fourth-order valence-corrected chi connectivity index (χ4v) is 3.11. The number of ether oxygens (including phenoxy) is 1. The highest BCUT2D eigenvalue weighted by Crippen LogP contribution is 2.33. The Kier molecular flexibility index (Phi) is 4.25. The third-order valence-electron chi connectivity index (χ3n) is 4.26. The molecular weight excluding hydrogens is 262 g/mol. The molecule has 1 aliphatic heterocycles. The van der Waals surface area contributed by atoms with Crippen molar-refractivity contribution in [2.24, 2.45) is 0 Å². The lowest BCUT2D eigenvalue weighted by molar-refractivity contribution is 0.248. The van der Waals surface area contributed by atoms with E-state index in [-0.39, 0.29) is 0 Å². The van der Waals surface area contributed by atoms with Crippen molar-refractivity contribution in [3.05, 3.63) is 47.8 Å². The number of aromatic nitrogens is 2. The van der Waals surface area contributed by atoms with Crippen LogP contribution in [0.5, 0.6) is 5.75 Å². The molecule has 0 N–H and O–H groups in total. The molecule has 0 unspecified atom stereocenters. The molecule has 4 heteroatoms. The number of benzene rings is 1. The fraction of sp³-hybridized carbons (Fsp3) is 0.471. The van der Waals surface area contributed by atoms with Crippen LogP contribution in [0.1, 0.15) is 36.9 Å². The van der Waals surface area contributed by atoms with Crippen molar-refractivity contribution >= 4 is 0 Å². The van der Waals surface area contributed by atoms with Crippen molar-refractivity contribution in [2.75, 3.05) is 13.7 Å². The highest BCUT2D eigenvalue weighted by atomic mass is 16.5. The van der Waals surface area contributed by atoms with Crippen LogP contribution in [-0.4, -0.2) is 28.3 Å². The molecule has 2 aromatic rings. The molecule has 0 spiro atoms. The molecule has 0 radical (unpaired) electrons. The van der Waals surface area contributed by atoms with Gasteiger partial charge >= 0.3 is 0 Å². The third kappa shape index (κ3) is 3.10. The SMILES string of the molecule is CCn1cc(CN2CCC[C@H]2c2ccc(OC)cc2)cn1. The van der Waals surface area contributed by atoms with Crippen molar-refractivity contribution in [1.82, 2.24) is 14.7 Å². The maximum atomic E-state index is 5.24. The number of hydrogen-bond donors (Lipinski definition) is 0. The average Bonchev–Trinajstić information content (AvgIpc) is 3.17. The lowest BCUT2D eigenvalue weighted by atomic mass is 10.0. The van der Waals surface area contributed by atoms with Crippen molar-refractivity contribution in [3.8, 4) is 5.75 Å². The molecule has 0 bridgehead atoms. The summed E-state index contributed by atoms with van der Waals surface area (Å²) in [5, 5.41) is 4.37. The van der Waals surface area contributed by atoms with Crippen LogP contribution in [0.15, 0.2) is 36.7 Å². The minimum atomic E-state index is 0.515. The van der Waals surface area contributed by atoms with E-state index in [4.69, 9.17) is 4.74 Å². The second kappa shape index (κ2) is 6.31. The second-order valence-electron chi connectivity index (χ2n) is 5.61. The van der Waals surface area contributed by atoms with Crippen LogP contribution < -0.4 is 4.74 Å². The zero-order valence-corrected chi connectivity index (χ0v) is 12.8. The molecule has 1 aromatic heterocycles. The predicted molar refractivity (Wildman–Crippen MR) is 83.3 cm³/mol. The summed E-state index contributed by atoms with van der Waals surface area (Å²) < 4.78 is 7.24. The lowest BCUT2D eigenvalue weighted by Crippen LogP contribution is -2.22. The van der Waals surface area contributed by atoms with Gasteiger partial charge in [0.05, 0.1) is 13.3 Å². The summed E-state index contributed by atoms with van der Waals surface area (Å²) >= 11 is 0. The first-order valence-electron chi connectivity index (χ1n) is 7.69. The molecule has 0 saturated carbocycles. The molecule has 0 amide bonds. The van der Waals surface area contributed by atoms with Crippen LogP contribution in [0.2, 0.25) is 0 Å². The quantitative estimate of drug-likeness (QED) is 0.845. The molecule has 4 nitrogen and oxygen atoms in total. The number of likely N-dealkylation sites (tertiary alicyclic amines) is 1. The Bertz CT molecular complexity index is 576. The molecule has 2 heterocycles. The molecule has 21 heavy (non-hydrogen) atoms. The summed E-state index contributed by atoms with van der Waals surface area (Å²) in [7, 11) is 1.71. The lowest BCUT2D eigenvalue weighted by Gasteiger charge is -2.24. The third-order valence-corrected chi connectivity index (χ3v) is 4.26. The minimum absolute atomic E-state index is 0.515. The molecule has 1 atom stereocenters. The van der Waals surface area contributed by atoms with E-state index in [1.807, 2.05) is 10.9 Å². The number of nitrogens with zero attached hydrogens (tertiary/aromatic N) is 3. The van der Waals surface area contributed by atoms with Crippen LogP contribution in [0.3, 0.4) is 0 Å². The van der Waals surface area contributed by atoms with Gasteiger partial charge in [0.2, 0.25) is 0 Å². The highest BCUT2D eigenvalue weighted by molar-refractivity contribution is 5.29. The Labute approximate surface area is 126 Å². The van der Waals surface area contributed by atoms with E-state index in [0.717, 1.165) is 25.4 Å². The highest BCUT2D eigenvalue weighted by Gasteiger charge is 2.26. The van der Waals surface area contributed by atoms with E-state index in [0.29, 0.717) is 6.04 Å². The van der Waals surface area contributed by atoms with Gasteiger partial charge < -0.3 is 4.74 Å². The number of methoxy groups -OCH3 is 1. The van der Waals surface area contributed by atoms with Gasteiger partial charge in [-0.2, -0.15) is 5.10 Å². The van der Waals surface area contributed by atoms with Crippen LogP contribution >= 0.6 is 0 Å². The monoisotopic (exact) mass is 285 g/mol. The van der Waals surface area contributed by atoms with Crippen molar-refractivity contribution in [1.29, 1.82) is 0 Å². The molecule has 1 fully saturated rings. The Morgan fingerprint density at radius 2 is 2.10 bits per heavy atom. The first kappa shape index (κ1) is 14.1. The van der Waals surface area contributed by atoms with E-state index < -0.39 is 0 Å². The smallest absolute Gasteiger partial charge is 0.118 e. The Morgan fingerprint density at radius 3 is 2.76 bits per heavy atom. The van der Waals surface area contributed by atoms with E-state index in [1.165, 1.54) is 24.0 Å². The van der Waals surface area contributed by atoms with Crippen molar-refractivity contribution in [3.63, 3.8) is 0 Å². The zero-order chi connectivity index (χ0) is 14.7. The summed E-state index contributed by atoms with van der Waals surface area (Å²) in [4.78, 5) is 2.55. The van der Waals surface area contributed by atoms with E-state index in [1.54, 1.807) is 7.11 Å². The normalized spacial score (nSPS) is 19.0. The topological polar surface area (TPSA) is 30.3 Å². The predicted octanol–water partition coefficient (Wildman–Crippen LogP) is 3.25. The Morgan fingerprint density at radius 1 is 1.29 bits per heavy atom. The van der Waals surface area contributed by atoms with E-state index in [2.05, 4.69) is 47.4 Å². The summed E-state index contributed by atoms with van der Waals surface area (Å²) in [6.45, 7) is 5.19. The molecule has 1 aliphatic rings. The van der Waals surface area contributed by atoms with Gasteiger partial charge in [-0.3, -0.25) is 9.58 Å². The van der Waals surface area contributed by atoms with Crippen molar-refractivity contribution in [2.45, 2.75) is 38.9 Å². The second-order valence-corrected chi connectivity index (χ2v) is 5.61. The summed E-state index contributed by atoms with van der Waals surface area (Å²) in [5.41, 5.74) is 2.69. The molecule has 112 valence electrons. The molecule has 0 aliphatic carbocycles. The number of rotatable bonds is 5. The molecule has 3 rings (SSSR count). The standard InChI is InChI=1S/C17H23N3O/c1-3-20-13-14(11-18-20)12-19-10-4-5-17(19)15-6-8-16(21-2)9-7-15/h6-9,11,13,17H,3-5,10,12H2,1-2H3/t17-/m0/s1. The van der Waals surface area contributed by atoms with E-state index >= 15 is 0 Å². The average molecular weight is 285 g/mol. The van der Waals surface area contributed by atoms with Gasteiger partial charge in [-0.25, -0.2) is 0 Å². The van der Waals surface area contributed by atoms with Crippen molar-refractivity contribution < 1.29 is 4.74 Å². The van der Waals surface area contributed by atoms with Gasteiger partial charge in [-0.1, -0.05) is 12.1 Å². The largest absolute Gasteiger partial charge is 0.497 e. The van der Waals surface area contributed by atoms with Crippen LogP contribution in [0.4, 0.5) is 0 Å². The van der Waals surface area contributed by atoms with Crippen LogP contribution in [-0.2, 0) is 13.1 Å². The molecule has 1 saturated heterocycles. The summed E-state index contributed by atoms with van der Waals surface area (Å²) in [6.07, 6.45) is 6.64. The fourth-order valence-electron chi connectivity index (χ4n) is 3.11. The number of aryl methyl sites for hydroxylation is 1. The van der Waals surface area contributed by atoms with Gasteiger partial charge in [-0.15, -0.1) is 0 Å².